The third-order valence-electron chi connectivity index (χ3n) is 4.07. The number of hydrogen-bond acceptors (Lipinski definition) is 4. The highest BCUT2D eigenvalue weighted by Gasteiger charge is 2.28. The molecule has 2 aliphatic rings. The first-order chi connectivity index (χ1) is 9.27. The molecule has 0 radical (unpaired) electrons. The van der Waals surface area contributed by atoms with E-state index in [1.165, 1.54) is 0 Å². The van der Waals surface area contributed by atoms with Crippen molar-refractivity contribution in [3.63, 3.8) is 0 Å². The maximum Gasteiger partial charge on any atom is 0.315 e. The van der Waals surface area contributed by atoms with Gasteiger partial charge in [-0.1, -0.05) is 6.07 Å². The SMILES string of the molecule is O=[N+]([O-])c1c(N2CCCC2)cccc1N1CCCC1. The van der Waals surface area contributed by atoms with Crippen LogP contribution in [-0.4, -0.2) is 31.1 Å². The fraction of sp³-hybridized carbons (Fsp3) is 0.571. The summed E-state index contributed by atoms with van der Waals surface area (Å²) in [7, 11) is 0. The summed E-state index contributed by atoms with van der Waals surface area (Å²) in [5.74, 6) is 0. The van der Waals surface area contributed by atoms with Crippen LogP contribution in [0.4, 0.5) is 17.1 Å². The summed E-state index contributed by atoms with van der Waals surface area (Å²) >= 11 is 0. The van der Waals surface area contributed by atoms with E-state index < -0.39 is 0 Å². The Morgan fingerprint density at radius 3 is 1.68 bits per heavy atom. The summed E-state index contributed by atoms with van der Waals surface area (Å²) in [5.41, 5.74) is 1.89. The molecule has 0 N–H and O–H groups in total. The van der Waals surface area contributed by atoms with E-state index >= 15 is 0 Å². The van der Waals surface area contributed by atoms with Crippen molar-refractivity contribution in [1.82, 2.24) is 0 Å². The lowest BCUT2D eigenvalue weighted by atomic mass is 10.2. The molecule has 102 valence electrons. The second-order valence-electron chi connectivity index (χ2n) is 5.29. The van der Waals surface area contributed by atoms with Crippen LogP contribution < -0.4 is 9.80 Å². The Hall–Kier alpha value is -1.78. The van der Waals surface area contributed by atoms with Gasteiger partial charge in [-0.2, -0.15) is 0 Å². The third kappa shape index (κ3) is 2.25. The first-order valence-electron chi connectivity index (χ1n) is 7.04. The molecule has 0 unspecified atom stereocenters. The van der Waals surface area contributed by atoms with Crippen molar-refractivity contribution in [2.75, 3.05) is 36.0 Å². The Bertz CT molecular complexity index is 443. The molecule has 2 fully saturated rings. The van der Waals surface area contributed by atoms with Gasteiger partial charge in [-0.05, 0) is 37.8 Å². The average Bonchev–Trinajstić information content (AvgIpc) is 3.11. The fourth-order valence-corrected chi connectivity index (χ4v) is 3.13. The molecule has 0 amide bonds. The van der Waals surface area contributed by atoms with Crippen molar-refractivity contribution >= 4 is 17.1 Å². The molecule has 0 bridgehead atoms. The number of para-hydroxylation sites is 1. The molecule has 1 aromatic carbocycles. The molecule has 3 rings (SSSR count). The Morgan fingerprint density at radius 1 is 0.895 bits per heavy atom. The van der Waals surface area contributed by atoms with E-state index in [0.717, 1.165) is 63.2 Å². The molecule has 5 nitrogen and oxygen atoms in total. The van der Waals surface area contributed by atoms with Gasteiger partial charge in [0.15, 0.2) is 0 Å². The van der Waals surface area contributed by atoms with Crippen LogP contribution in [0.15, 0.2) is 18.2 Å². The van der Waals surface area contributed by atoms with Gasteiger partial charge in [-0.15, -0.1) is 0 Å². The van der Waals surface area contributed by atoms with E-state index in [-0.39, 0.29) is 4.92 Å². The molecule has 0 saturated carbocycles. The van der Waals surface area contributed by atoms with Gasteiger partial charge in [0, 0.05) is 26.2 Å². The second kappa shape index (κ2) is 5.07. The zero-order chi connectivity index (χ0) is 13.2. The molecule has 0 atom stereocenters. The molecule has 0 aromatic heterocycles. The number of anilines is 2. The van der Waals surface area contributed by atoms with Crippen LogP contribution in [0.5, 0.6) is 0 Å². The number of nitro benzene ring substituents is 1. The molecule has 2 aliphatic heterocycles. The maximum absolute atomic E-state index is 11.5. The van der Waals surface area contributed by atoms with Crippen molar-refractivity contribution in [2.24, 2.45) is 0 Å². The first-order valence-corrected chi connectivity index (χ1v) is 7.04. The Morgan fingerprint density at radius 2 is 1.32 bits per heavy atom. The molecule has 19 heavy (non-hydrogen) atoms. The number of nitro groups is 1. The Kier molecular flexibility index (Phi) is 3.27. The highest BCUT2D eigenvalue weighted by atomic mass is 16.6. The summed E-state index contributed by atoms with van der Waals surface area (Å²) in [5, 5.41) is 11.5. The first kappa shape index (κ1) is 12.3. The number of nitrogens with zero attached hydrogens (tertiary/aromatic N) is 3. The van der Waals surface area contributed by atoms with E-state index in [9.17, 15) is 10.1 Å². The highest BCUT2D eigenvalue weighted by Crippen LogP contribution is 2.39. The molecule has 1 aromatic rings. The van der Waals surface area contributed by atoms with Crippen LogP contribution in [-0.2, 0) is 0 Å². The zero-order valence-corrected chi connectivity index (χ0v) is 11.0. The topological polar surface area (TPSA) is 49.6 Å². The van der Waals surface area contributed by atoms with Gasteiger partial charge in [0.05, 0.1) is 4.92 Å². The Labute approximate surface area is 113 Å². The van der Waals surface area contributed by atoms with Crippen LogP contribution >= 0.6 is 0 Å². The van der Waals surface area contributed by atoms with Crippen molar-refractivity contribution in [1.29, 1.82) is 0 Å². The monoisotopic (exact) mass is 261 g/mol. The lowest BCUT2D eigenvalue weighted by Gasteiger charge is -2.22. The number of hydrogen-bond donors (Lipinski definition) is 0. The standard InChI is InChI=1S/C14H19N3O2/c18-17(19)14-12(15-8-1-2-9-15)6-5-7-13(14)16-10-3-4-11-16/h5-7H,1-4,8-11H2. The van der Waals surface area contributed by atoms with Crippen molar-refractivity contribution < 1.29 is 4.92 Å². The molecule has 5 heteroatoms. The average molecular weight is 261 g/mol. The van der Waals surface area contributed by atoms with Crippen LogP contribution in [0.3, 0.4) is 0 Å². The van der Waals surface area contributed by atoms with E-state index in [1.54, 1.807) is 0 Å². The summed E-state index contributed by atoms with van der Waals surface area (Å²) in [6.45, 7) is 3.74. The normalized spacial score (nSPS) is 19.2. The third-order valence-corrected chi connectivity index (χ3v) is 4.07. The minimum Gasteiger partial charge on any atom is -0.366 e. The van der Waals surface area contributed by atoms with E-state index in [4.69, 9.17) is 0 Å². The van der Waals surface area contributed by atoms with Gasteiger partial charge in [0.1, 0.15) is 11.4 Å². The van der Waals surface area contributed by atoms with E-state index in [1.807, 2.05) is 18.2 Å². The van der Waals surface area contributed by atoms with Crippen molar-refractivity contribution in [2.45, 2.75) is 25.7 Å². The van der Waals surface area contributed by atoms with Crippen molar-refractivity contribution in [3.8, 4) is 0 Å². The Balaban J connectivity index is 2.03. The second-order valence-corrected chi connectivity index (χ2v) is 5.29. The summed E-state index contributed by atoms with van der Waals surface area (Å²) in [6.07, 6.45) is 4.52. The summed E-state index contributed by atoms with van der Waals surface area (Å²) < 4.78 is 0. The minimum absolute atomic E-state index is 0.207. The molecule has 2 saturated heterocycles. The smallest absolute Gasteiger partial charge is 0.315 e. The van der Waals surface area contributed by atoms with Gasteiger partial charge >= 0.3 is 5.69 Å². The van der Waals surface area contributed by atoms with Crippen LogP contribution in [0.25, 0.3) is 0 Å². The largest absolute Gasteiger partial charge is 0.366 e. The zero-order valence-electron chi connectivity index (χ0n) is 11.0. The fourth-order valence-electron chi connectivity index (χ4n) is 3.13. The molecule has 0 aliphatic carbocycles. The van der Waals surface area contributed by atoms with E-state index in [2.05, 4.69) is 9.80 Å². The minimum atomic E-state index is -0.207. The van der Waals surface area contributed by atoms with Crippen LogP contribution in [0, 0.1) is 10.1 Å². The lowest BCUT2D eigenvalue weighted by molar-refractivity contribution is -0.383. The van der Waals surface area contributed by atoms with Gasteiger partial charge in [0.25, 0.3) is 0 Å². The van der Waals surface area contributed by atoms with Crippen molar-refractivity contribution in [3.05, 3.63) is 28.3 Å². The van der Waals surface area contributed by atoms with E-state index in [0.29, 0.717) is 5.69 Å². The van der Waals surface area contributed by atoms with Gasteiger partial charge in [-0.3, -0.25) is 10.1 Å². The van der Waals surface area contributed by atoms with Gasteiger partial charge < -0.3 is 9.80 Å². The molecule has 2 heterocycles. The summed E-state index contributed by atoms with van der Waals surface area (Å²) in [6, 6.07) is 5.74. The highest BCUT2D eigenvalue weighted by molar-refractivity contribution is 5.78. The van der Waals surface area contributed by atoms with Gasteiger partial charge in [0.2, 0.25) is 0 Å². The number of benzene rings is 1. The van der Waals surface area contributed by atoms with Crippen LogP contribution in [0.1, 0.15) is 25.7 Å². The molecule has 0 spiro atoms. The summed E-state index contributed by atoms with van der Waals surface area (Å²) in [4.78, 5) is 15.6. The predicted molar refractivity (Wildman–Crippen MR) is 76.0 cm³/mol. The quantitative estimate of drug-likeness (QED) is 0.620. The molecular formula is C14H19N3O2. The maximum atomic E-state index is 11.5. The van der Waals surface area contributed by atoms with Gasteiger partial charge in [-0.25, -0.2) is 0 Å². The lowest BCUT2D eigenvalue weighted by Crippen LogP contribution is -2.22. The molecular weight excluding hydrogens is 242 g/mol. The van der Waals surface area contributed by atoms with Crippen LogP contribution in [0.2, 0.25) is 0 Å². The predicted octanol–water partition coefficient (Wildman–Crippen LogP) is 2.80. The number of rotatable bonds is 3.